The smallest absolute Gasteiger partial charge is 0.132 e. The summed E-state index contributed by atoms with van der Waals surface area (Å²) in [6, 6.07) is 0. The van der Waals surface area contributed by atoms with Gasteiger partial charge in [0.05, 0.1) is 5.69 Å². The maximum atomic E-state index is 4.72. The van der Waals surface area contributed by atoms with Gasteiger partial charge in [-0.15, -0.1) is 0 Å². The number of nitrogens with zero attached hydrogens (tertiary/aromatic N) is 2. The van der Waals surface area contributed by atoms with E-state index < -0.39 is 0 Å². The molecule has 1 aromatic rings. The highest BCUT2D eigenvalue weighted by atomic mass is 15.0. The Bertz CT molecular complexity index is 400. The van der Waals surface area contributed by atoms with E-state index in [1.807, 2.05) is 0 Å². The molecule has 1 fully saturated rings. The Labute approximate surface area is 90.3 Å². The van der Waals surface area contributed by atoms with Crippen molar-refractivity contribution in [3.8, 4) is 0 Å². The summed E-state index contributed by atoms with van der Waals surface area (Å²) < 4.78 is 0. The molecule has 0 spiro atoms. The summed E-state index contributed by atoms with van der Waals surface area (Å²) in [4.78, 5) is 9.42. The van der Waals surface area contributed by atoms with Crippen LogP contribution in [0.4, 0.5) is 0 Å². The maximum Gasteiger partial charge on any atom is 0.132 e. The fraction of sp³-hybridized carbons (Fsp3) is 0.667. The zero-order chi connectivity index (χ0) is 10.4. The van der Waals surface area contributed by atoms with Crippen molar-refractivity contribution in [2.45, 2.75) is 45.7 Å². The van der Waals surface area contributed by atoms with Crippen LogP contribution in [0.2, 0.25) is 0 Å². The summed E-state index contributed by atoms with van der Waals surface area (Å²) in [5, 5.41) is 3.36. The zero-order valence-electron chi connectivity index (χ0n) is 9.38. The number of rotatable bonds is 2. The number of hydrogen-bond donors (Lipinski definition) is 1. The van der Waals surface area contributed by atoms with Crippen LogP contribution in [0, 0.1) is 5.92 Å². The minimum Gasteiger partial charge on any atom is -0.307 e. The molecule has 2 heterocycles. The van der Waals surface area contributed by atoms with Gasteiger partial charge in [0.2, 0.25) is 0 Å². The quantitative estimate of drug-likeness (QED) is 0.796. The van der Waals surface area contributed by atoms with E-state index in [1.54, 1.807) is 0 Å². The predicted molar refractivity (Wildman–Crippen MR) is 58.5 cm³/mol. The number of nitrogens with one attached hydrogen (secondary N) is 1. The van der Waals surface area contributed by atoms with E-state index in [2.05, 4.69) is 19.2 Å². The van der Waals surface area contributed by atoms with Crippen LogP contribution in [0.15, 0.2) is 0 Å². The first-order valence-electron chi connectivity index (χ1n) is 5.89. The third-order valence-electron chi connectivity index (χ3n) is 3.57. The van der Waals surface area contributed by atoms with Gasteiger partial charge >= 0.3 is 0 Å². The van der Waals surface area contributed by atoms with Gasteiger partial charge in [0.15, 0.2) is 0 Å². The molecule has 0 saturated heterocycles. The molecule has 1 saturated carbocycles. The average molecular weight is 203 g/mol. The number of aromatic nitrogens is 2. The SMILES string of the molecule is CCc1nc(C2CC2C)nc2c1CNC2. The monoisotopic (exact) mass is 203 g/mol. The second-order valence-electron chi connectivity index (χ2n) is 4.73. The predicted octanol–water partition coefficient (Wildman–Crippen LogP) is 1.77. The molecule has 0 amide bonds. The van der Waals surface area contributed by atoms with Gasteiger partial charge in [-0.1, -0.05) is 13.8 Å². The molecule has 3 rings (SSSR count). The van der Waals surface area contributed by atoms with E-state index in [0.717, 1.165) is 31.3 Å². The fourth-order valence-electron chi connectivity index (χ4n) is 2.40. The molecule has 15 heavy (non-hydrogen) atoms. The van der Waals surface area contributed by atoms with Gasteiger partial charge in [-0.2, -0.15) is 0 Å². The molecule has 2 atom stereocenters. The van der Waals surface area contributed by atoms with Crippen LogP contribution < -0.4 is 5.32 Å². The lowest BCUT2D eigenvalue weighted by atomic mass is 10.1. The molecule has 80 valence electrons. The van der Waals surface area contributed by atoms with Crippen LogP contribution in [0.1, 0.15) is 49.0 Å². The molecule has 3 heteroatoms. The third kappa shape index (κ3) is 1.46. The molecule has 1 aliphatic heterocycles. The molecule has 1 N–H and O–H groups in total. The molecule has 0 aromatic carbocycles. The topological polar surface area (TPSA) is 37.8 Å². The Balaban J connectivity index is 2.03. The summed E-state index contributed by atoms with van der Waals surface area (Å²) in [5.74, 6) is 2.53. The highest BCUT2D eigenvalue weighted by Gasteiger charge is 2.37. The normalized spacial score (nSPS) is 27.9. The Hall–Kier alpha value is -0.960. The first-order valence-corrected chi connectivity index (χ1v) is 5.89. The molecule has 2 unspecified atom stereocenters. The van der Waals surface area contributed by atoms with Gasteiger partial charge in [0, 0.05) is 30.3 Å². The molecular formula is C12H17N3. The van der Waals surface area contributed by atoms with E-state index in [0.29, 0.717) is 5.92 Å². The fourth-order valence-corrected chi connectivity index (χ4v) is 2.40. The van der Waals surface area contributed by atoms with Crippen molar-refractivity contribution in [2.24, 2.45) is 5.92 Å². The second-order valence-corrected chi connectivity index (χ2v) is 4.73. The molecular weight excluding hydrogens is 186 g/mol. The number of aryl methyl sites for hydroxylation is 1. The molecule has 1 aliphatic carbocycles. The third-order valence-corrected chi connectivity index (χ3v) is 3.57. The summed E-state index contributed by atoms with van der Waals surface area (Å²) >= 11 is 0. The van der Waals surface area contributed by atoms with E-state index in [4.69, 9.17) is 9.97 Å². The Morgan fingerprint density at radius 1 is 1.33 bits per heavy atom. The lowest BCUT2D eigenvalue weighted by Crippen LogP contribution is -2.04. The molecule has 0 bridgehead atoms. The minimum absolute atomic E-state index is 0.640. The van der Waals surface area contributed by atoms with E-state index >= 15 is 0 Å². The zero-order valence-corrected chi connectivity index (χ0v) is 9.38. The summed E-state index contributed by atoms with van der Waals surface area (Å²) in [5.41, 5.74) is 3.87. The standard InChI is InChI=1S/C12H17N3/c1-3-10-9-5-13-6-11(9)15-12(14-10)8-4-7(8)2/h7-8,13H,3-6H2,1-2H3. The Kier molecular flexibility index (Phi) is 2.02. The van der Waals surface area contributed by atoms with Crippen molar-refractivity contribution in [3.05, 3.63) is 22.8 Å². The van der Waals surface area contributed by atoms with Gasteiger partial charge < -0.3 is 5.32 Å². The first kappa shape index (κ1) is 9.28. The van der Waals surface area contributed by atoms with Crippen LogP contribution in [0.3, 0.4) is 0 Å². The largest absolute Gasteiger partial charge is 0.307 e. The van der Waals surface area contributed by atoms with Crippen molar-refractivity contribution in [3.63, 3.8) is 0 Å². The average Bonchev–Trinajstić information content (AvgIpc) is 2.79. The van der Waals surface area contributed by atoms with Crippen molar-refractivity contribution in [1.82, 2.24) is 15.3 Å². The van der Waals surface area contributed by atoms with Crippen molar-refractivity contribution >= 4 is 0 Å². The van der Waals surface area contributed by atoms with Gasteiger partial charge in [-0.3, -0.25) is 0 Å². The van der Waals surface area contributed by atoms with Gasteiger partial charge in [-0.25, -0.2) is 9.97 Å². The van der Waals surface area contributed by atoms with E-state index in [-0.39, 0.29) is 0 Å². The minimum atomic E-state index is 0.640. The molecule has 0 radical (unpaired) electrons. The highest BCUT2D eigenvalue weighted by Crippen LogP contribution is 2.45. The van der Waals surface area contributed by atoms with E-state index in [1.165, 1.54) is 23.4 Å². The molecule has 1 aromatic heterocycles. The number of fused-ring (bicyclic) bond motifs is 1. The summed E-state index contributed by atoms with van der Waals surface area (Å²) in [6.07, 6.45) is 2.30. The summed E-state index contributed by atoms with van der Waals surface area (Å²) in [7, 11) is 0. The van der Waals surface area contributed by atoms with Crippen LogP contribution in [-0.4, -0.2) is 9.97 Å². The lowest BCUT2D eigenvalue weighted by molar-refractivity contribution is 0.753. The van der Waals surface area contributed by atoms with Gasteiger partial charge in [0.1, 0.15) is 5.82 Å². The van der Waals surface area contributed by atoms with Crippen LogP contribution in [0.5, 0.6) is 0 Å². The van der Waals surface area contributed by atoms with E-state index in [9.17, 15) is 0 Å². The van der Waals surface area contributed by atoms with Gasteiger partial charge in [-0.05, 0) is 18.8 Å². The first-order chi connectivity index (χ1) is 7.29. The Morgan fingerprint density at radius 2 is 2.13 bits per heavy atom. The van der Waals surface area contributed by atoms with Crippen LogP contribution in [0.25, 0.3) is 0 Å². The highest BCUT2D eigenvalue weighted by molar-refractivity contribution is 5.30. The lowest BCUT2D eigenvalue weighted by Gasteiger charge is -2.07. The van der Waals surface area contributed by atoms with Crippen molar-refractivity contribution in [1.29, 1.82) is 0 Å². The van der Waals surface area contributed by atoms with Crippen LogP contribution >= 0.6 is 0 Å². The van der Waals surface area contributed by atoms with Crippen molar-refractivity contribution < 1.29 is 0 Å². The van der Waals surface area contributed by atoms with Gasteiger partial charge in [0.25, 0.3) is 0 Å². The summed E-state index contributed by atoms with van der Waals surface area (Å²) in [6.45, 7) is 6.35. The molecule has 3 nitrogen and oxygen atoms in total. The van der Waals surface area contributed by atoms with Crippen LogP contribution in [-0.2, 0) is 19.5 Å². The number of hydrogen-bond acceptors (Lipinski definition) is 3. The molecule has 2 aliphatic rings. The maximum absolute atomic E-state index is 4.72. The van der Waals surface area contributed by atoms with Crippen molar-refractivity contribution in [2.75, 3.05) is 0 Å². The Morgan fingerprint density at radius 3 is 2.80 bits per heavy atom. The second kappa shape index (κ2) is 3.27.